The Bertz CT molecular complexity index is 701. The van der Waals surface area contributed by atoms with Crippen LogP contribution >= 0.6 is 39.0 Å². The fourth-order valence-electron chi connectivity index (χ4n) is 1.67. The van der Waals surface area contributed by atoms with Gasteiger partial charge in [0.05, 0.1) is 18.1 Å². The molecule has 2 aromatic rings. The minimum Gasteiger partial charge on any atom is -0.462 e. The standard InChI is InChI=1S/C15H15BrN2O3S2/c1-3-21-14(20)13-9(2)17-15(23-13)18-12(19)8-22-11-6-4-10(16)5-7-11/h4-7H,3,8H2,1-2H3,(H,17,18,19). The Morgan fingerprint density at radius 3 is 2.70 bits per heavy atom. The number of carbonyl (C=O) groups excluding carboxylic acids is 2. The summed E-state index contributed by atoms with van der Waals surface area (Å²) >= 11 is 5.93. The molecule has 0 saturated carbocycles. The van der Waals surface area contributed by atoms with Crippen molar-refractivity contribution in [1.29, 1.82) is 0 Å². The lowest BCUT2D eigenvalue weighted by Crippen LogP contribution is -2.13. The van der Waals surface area contributed by atoms with Gasteiger partial charge in [0.15, 0.2) is 5.13 Å². The van der Waals surface area contributed by atoms with Crippen LogP contribution < -0.4 is 5.32 Å². The Hall–Kier alpha value is -1.38. The molecule has 5 nitrogen and oxygen atoms in total. The lowest BCUT2D eigenvalue weighted by molar-refractivity contribution is -0.113. The number of rotatable bonds is 6. The molecule has 0 bridgehead atoms. The molecule has 0 aliphatic carbocycles. The van der Waals surface area contributed by atoms with Gasteiger partial charge >= 0.3 is 5.97 Å². The number of thioether (sulfide) groups is 1. The number of anilines is 1. The lowest BCUT2D eigenvalue weighted by Gasteiger charge is -2.02. The van der Waals surface area contributed by atoms with Crippen LogP contribution in [0.2, 0.25) is 0 Å². The van der Waals surface area contributed by atoms with Gasteiger partial charge in [0.25, 0.3) is 0 Å². The number of aryl methyl sites for hydroxylation is 1. The zero-order valence-corrected chi connectivity index (χ0v) is 15.8. The molecule has 8 heteroatoms. The van der Waals surface area contributed by atoms with Gasteiger partial charge in [-0.3, -0.25) is 4.79 Å². The van der Waals surface area contributed by atoms with E-state index in [-0.39, 0.29) is 11.7 Å². The van der Waals surface area contributed by atoms with E-state index in [1.54, 1.807) is 13.8 Å². The van der Waals surface area contributed by atoms with Crippen molar-refractivity contribution in [3.05, 3.63) is 39.3 Å². The highest BCUT2D eigenvalue weighted by atomic mass is 79.9. The Balaban J connectivity index is 1.91. The molecule has 1 aromatic carbocycles. The number of thiazole rings is 1. The average molecular weight is 415 g/mol. The highest BCUT2D eigenvalue weighted by Crippen LogP contribution is 2.24. The summed E-state index contributed by atoms with van der Waals surface area (Å²) in [7, 11) is 0. The van der Waals surface area contributed by atoms with Gasteiger partial charge < -0.3 is 10.1 Å². The minimum atomic E-state index is -0.410. The minimum absolute atomic E-state index is 0.165. The summed E-state index contributed by atoms with van der Waals surface area (Å²) < 4.78 is 5.95. The van der Waals surface area contributed by atoms with E-state index in [9.17, 15) is 9.59 Å². The number of nitrogens with zero attached hydrogens (tertiary/aromatic N) is 1. The Labute approximate surface area is 151 Å². The third kappa shape index (κ3) is 5.33. The third-order valence-electron chi connectivity index (χ3n) is 2.69. The molecule has 0 fully saturated rings. The van der Waals surface area contributed by atoms with Crippen LogP contribution in [-0.4, -0.2) is 29.2 Å². The number of amides is 1. The highest BCUT2D eigenvalue weighted by Gasteiger charge is 2.17. The number of aromatic nitrogens is 1. The molecule has 0 radical (unpaired) electrons. The second-order valence-corrected chi connectivity index (χ2v) is 7.41. The first-order valence-electron chi connectivity index (χ1n) is 6.82. The van der Waals surface area contributed by atoms with E-state index in [0.29, 0.717) is 22.3 Å². The van der Waals surface area contributed by atoms with Gasteiger partial charge in [0, 0.05) is 9.37 Å². The van der Waals surface area contributed by atoms with Crippen LogP contribution in [0.4, 0.5) is 5.13 Å². The van der Waals surface area contributed by atoms with Crippen molar-refractivity contribution in [2.75, 3.05) is 17.7 Å². The number of benzene rings is 1. The summed E-state index contributed by atoms with van der Waals surface area (Å²) in [6.45, 7) is 3.77. The molecule has 1 N–H and O–H groups in total. The van der Waals surface area contributed by atoms with Crippen LogP contribution in [-0.2, 0) is 9.53 Å². The summed E-state index contributed by atoms with van der Waals surface area (Å²) in [5.41, 5.74) is 0.560. The fourth-order valence-corrected chi connectivity index (χ4v) is 3.51. The molecular formula is C15H15BrN2O3S2. The first-order valence-corrected chi connectivity index (χ1v) is 9.42. The zero-order chi connectivity index (χ0) is 16.8. The van der Waals surface area contributed by atoms with E-state index < -0.39 is 5.97 Å². The smallest absolute Gasteiger partial charge is 0.350 e. The van der Waals surface area contributed by atoms with Gasteiger partial charge in [-0.15, -0.1) is 11.8 Å². The number of esters is 1. The molecule has 0 aliphatic rings. The number of halogens is 1. The maximum atomic E-state index is 12.0. The van der Waals surface area contributed by atoms with Gasteiger partial charge in [-0.1, -0.05) is 27.3 Å². The van der Waals surface area contributed by atoms with Crippen molar-refractivity contribution in [3.63, 3.8) is 0 Å². The van der Waals surface area contributed by atoms with Crippen LogP contribution in [0.25, 0.3) is 0 Å². The van der Waals surface area contributed by atoms with E-state index in [4.69, 9.17) is 4.74 Å². The first kappa shape index (κ1) is 18.0. The maximum Gasteiger partial charge on any atom is 0.350 e. The Morgan fingerprint density at radius 1 is 1.35 bits per heavy atom. The number of hydrogen-bond donors (Lipinski definition) is 1. The second kappa shape index (κ2) is 8.47. The Kier molecular flexibility index (Phi) is 6.61. The van der Waals surface area contributed by atoms with Crippen LogP contribution in [0.5, 0.6) is 0 Å². The molecule has 1 aromatic heterocycles. The molecule has 23 heavy (non-hydrogen) atoms. The normalized spacial score (nSPS) is 10.4. The Morgan fingerprint density at radius 2 is 2.04 bits per heavy atom. The van der Waals surface area contributed by atoms with E-state index in [1.807, 2.05) is 24.3 Å². The summed E-state index contributed by atoms with van der Waals surface area (Å²) in [6, 6.07) is 7.73. The monoisotopic (exact) mass is 414 g/mol. The van der Waals surface area contributed by atoms with Gasteiger partial charge in [-0.25, -0.2) is 9.78 Å². The van der Waals surface area contributed by atoms with Gasteiger partial charge in [0.2, 0.25) is 5.91 Å². The molecule has 2 rings (SSSR count). The molecular weight excluding hydrogens is 400 g/mol. The molecule has 0 atom stereocenters. The van der Waals surface area contributed by atoms with E-state index >= 15 is 0 Å². The number of nitrogens with one attached hydrogen (secondary N) is 1. The van der Waals surface area contributed by atoms with Crippen LogP contribution in [0, 0.1) is 6.92 Å². The fraction of sp³-hybridized carbons (Fsp3) is 0.267. The topological polar surface area (TPSA) is 68.3 Å². The number of carbonyl (C=O) groups is 2. The average Bonchev–Trinajstić information content (AvgIpc) is 2.87. The van der Waals surface area contributed by atoms with Crippen LogP contribution in [0.15, 0.2) is 33.6 Å². The van der Waals surface area contributed by atoms with Crippen LogP contribution in [0.1, 0.15) is 22.3 Å². The van der Waals surface area contributed by atoms with Crippen molar-refractivity contribution < 1.29 is 14.3 Å². The summed E-state index contributed by atoms with van der Waals surface area (Å²) in [6.07, 6.45) is 0. The van der Waals surface area contributed by atoms with Crippen molar-refractivity contribution in [3.8, 4) is 0 Å². The van der Waals surface area contributed by atoms with Gasteiger partial charge in [0.1, 0.15) is 4.88 Å². The first-order chi connectivity index (χ1) is 11.0. The van der Waals surface area contributed by atoms with Crippen molar-refractivity contribution in [2.24, 2.45) is 0 Å². The molecule has 0 spiro atoms. The molecule has 122 valence electrons. The zero-order valence-electron chi connectivity index (χ0n) is 12.6. The summed E-state index contributed by atoms with van der Waals surface area (Å²) in [5, 5.41) is 3.12. The molecule has 0 aliphatic heterocycles. The van der Waals surface area contributed by atoms with Gasteiger partial charge in [-0.05, 0) is 38.1 Å². The SMILES string of the molecule is CCOC(=O)c1sc(NC(=O)CSc2ccc(Br)cc2)nc1C. The van der Waals surface area contributed by atoms with Crippen molar-refractivity contribution in [1.82, 2.24) is 4.98 Å². The predicted octanol–water partition coefficient (Wildman–Crippen LogP) is 4.12. The lowest BCUT2D eigenvalue weighted by atomic mass is 10.4. The summed E-state index contributed by atoms with van der Waals surface area (Å²) in [5.74, 6) is -0.302. The quantitative estimate of drug-likeness (QED) is 0.568. The number of ether oxygens (including phenoxy) is 1. The third-order valence-corrected chi connectivity index (χ3v) is 5.28. The van der Waals surface area contributed by atoms with E-state index in [0.717, 1.165) is 20.7 Å². The van der Waals surface area contributed by atoms with Gasteiger partial charge in [-0.2, -0.15) is 0 Å². The molecule has 0 saturated heterocycles. The second-order valence-electron chi connectivity index (χ2n) is 4.44. The summed E-state index contributed by atoms with van der Waals surface area (Å²) in [4.78, 5) is 29.3. The van der Waals surface area contributed by atoms with E-state index in [2.05, 4.69) is 26.2 Å². The van der Waals surface area contributed by atoms with Crippen molar-refractivity contribution >= 4 is 56.0 Å². The van der Waals surface area contributed by atoms with Crippen LogP contribution in [0.3, 0.4) is 0 Å². The van der Waals surface area contributed by atoms with E-state index in [1.165, 1.54) is 11.8 Å². The number of hydrogen-bond acceptors (Lipinski definition) is 6. The highest BCUT2D eigenvalue weighted by molar-refractivity contribution is 9.10. The maximum absolute atomic E-state index is 12.0. The predicted molar refractivity (Wildman–Crippen MR) is 96.3 cm³/mol. The molecule has 1 amide bonds. The molecule has 1 heterocycles. The molecule has 0 unspecified atom stereocenters. The van der Waals surface area contributed by atoms with Crippen molar-refractivity contribution in [2.45, 2.75) is 18.7 Å². The largest absolute Gasteiger partial charge is 0.462 e.